The Hall–Kier alpha value is -2.33. The highest BCUT2D eigenvalue weighted by Crippen LogP contribution is 2.26. The minimum atomic E-state index is -0.455. The molecule has 0 spiro atoms. The van der Waals surface area contributed by atoms with Crippen LogP contribution < -0.4 is 0 Å². The van der Waals surface area contributed by atoms with E-state index in [1.165, 1.54) is 11.6 Å². The molecule has 2 saturated heterocycles. The average molecular weight is 366 g/mol. The van der Waals surface area contributed by atoms with Gasteiger partial charge in [0.1, 0.15) is 11.9 Å². The molecule has 4 rings (SSSR count). The number of pyridine rings is 1. The summed E-state index contributed by atoms with van der Waals surface area (Å²) in [6, 6.07) is 11.2. The molecule has 1 aromatic carbocycles. The first-order valence-corrected chi connectivity index (χ1v) is 9.38. The Morgan fingerprint density at radius 1 is 1.22 bits per heavy atom. The van der Waals surface area contributed by atoms with Crippen molar-refractivity contribution in [1.82, 2.24) is 14.8 Å². The number of piperidine rings is 1. The molecule has 6 heteroatoms. The third kappa shape index (κ3) is 4.16. The van der Waals surface area contributed by atoms with Crippen molar-refractivity contribution in [3.63, 3.8) is 0 Å². The first-order valence-electron chi connectivity index (χ1n) is 9.38. The van der Waals surface area contributed by atoms with Crippen LogP contribution in [-0.2, 0) is 17.8 Å². The van der Waals surface area contributed by atoms with E-state index in [-0.39, 0.29) is 11.7 Å². The third-order valence-corrected chi connectivity index (χ3v) is 5.45. The molecule has 0 N–H and O–H groups in total. The van der Waals surface area contributed by atoms with E-state index in [9.17, 15) is 4.39 Å². The summed E-state index contributed by atoms with van der Waals surface area (Å²) in [5.41, 5.74) is 2.30. The van der Waals surface area contributed by atoms with E-state index in [4.69, 9.17) is 10.00 Å². The van der Waals surface area contributed by atoms with Gasteiger partial charge in [-0.15, -0.1) is 0 Å². The van der Waals surface area contributed by atoms with Crippen LogP contribution >= 0.6 is 0 Å². The number of morpholine rings is 1. The molecule has 2 aliphatic heterocycles. The van der Waals surface area contributed by atoms with Gasteiger partial charge < -0.3 is 4.74 Å². The maximum atomic E-state index is 13.6. The van der Waals surface area contributed by atoms with Crippen molar-refractivity contribution in [3.05, 3.63) is 65.2 Å². The van der Waals surface area contributed by atoms with Crippen LogP contribution in [0.1, 0.15) is 23.1 Å². The van der Waals surface area contributed by atoms with Crippen LogP contribution in [0.25, 0.3) is 0 Å². The number of hydrogen-bond donors (Lipinski definition) is 0. The number of fused-ring (bicyclic) bond motifs is 1. The lowest BCUT2D eigenvalue weighted by Crippen LogP contribution is -2.59. The Morgan fingerprint density at radius 3 is 2.96 bits per heavy atom. The molecule has 0 saturated carbocycles. The maximum Gasteiger partial charge on any atom is 0.140 e. The van der Waals surface area contributed by atoms with E-state index in [1.807, 2.05) is 18.3 Å². The summed E-state index contributed by atoms with van der Waals surface area (Å²) in [5.74, 6) is -0.455. The van der Waals surface area contributed by atoms with Crippen LogP contribution in [0.4, 0.5) is 4.39 Å². The van der Waals surface area contributed by atoms with E-state index in [2.05, 4.69) is 20.9 Å². The average Bonchev–Trinajstić information content (AvgIpc) is 2.71. The molecular formula is C21H23FN4O. The van der Waals surface area contributed by atoms with Gasteiger partial charge in [-0.2, -0.15) is 5.26 Å². The van der Waals surface area contributed by atoms with Crippen LogP contribution in [0, 0.1) is 17.1 Å². The largest absolute Gasteiger partial charge is 0.375 e. The molecule has 0 aliphatic carbocycles. The molecule has 2 aromatic rings. The Morgan fingerprint density at radius 2 is 2.15 bits per heavy atom. The maximum absolute atomic E-state index is 13.6. The highest BCUT2D eigenvalue weighted by atomic mass is 19.1. The fourth-order valence-electron chi connectivity index (χ4n) is 4.09. The van der Waals surface area contributed by atoms with Gasteiger partial charge in [0.25, 0.3) is 0 Å². The highest BCUT2D eigenvalue weighted by Gasteiger charge is 2.36. The number of halogens is 1. The molecule has 5 nitrogen and oxygen atoms in total. The SMILES string of the molecule is N#Cc1cc(CN2CC[C@@H]3OCCN(Cc4cccnc4)[C@H]3C2)ccc1F. The topological polar surface area (TPSA) is 52.4 Å². The second-order valence-corrected chi connectivity index (χ2v) is 7.26. The van der Waals surface area contributed by atoms with Crippen molar-refractivity contribution in [2.75, 3.05) is 26.2 Å². The fraction of sp³-hybridized carbons (Fsp3) is 0.429. The second-order valence-electron chi connectivity index (χ2n) is 7.26. The second kappa shape index (κ2) is 8.13. The lowest BCUT2D eigenvalue weighted by molar-refractivity contribution is -0.107. The molecule has 0 bridgehead atoms. The van der Waals surface area contributed by atoms with Crippen LogP contribution in [-0.4, -0.2) is 53.2 Å². The van der Waals surface area contributed by atoms with Gasteiger partial charge in [0.05, 0.1) is 18.3 Å². The van der Waals surface area contributed by atoms with Crippen molar-refractivity contribution in [2.24, 2.45) is 0 Å². The molecule has 0 unspecified atom stereocenters. The number of nitrogens with zero attached hydrogens (tertiary/aromatic N) is 4. The van der Waals surface area contributed by atoms with Gasteiger partial charge in [0.2, 0.25) is 0 Å². The van der Waals surface area contributed by atoms with E-state index in [0.29, 0.717) is 6.04 Å². The zero-order chi connectivity index (χ0) is 18.6. The summed E-state index contributed by atoms with van der Waals surface area (Å²) in [6.45, 7) is 5.13. The molecule has 27 heavy (non-hydrogen) atoms. The monoisotopic (exact) mass is 366 g/mol. The van der Waals surface area contributed by atoms with Crippen LogP contribution in [0.5, 0.6) is 0 Å². The van der Waals surface area contributed by atoms with E-state index in [1.54, 1.807) is 18.3 Å². The molecule has 1 aromatic heterocycles. The molecule has 0 radical (unpaired) electrons. The predicted molar refractivity (Wildman–Crippen MR) is 99.2 cm³/mol. The summed E-state index contributed by atoms with van der Waals surface area (Å²) < 4.78 is 19.6. The van der Waals surface area contributed by atoms with Crippen molar-refractivity contribution in [1.29, 1.82) is 5.26 Å². The van der Waals surface area contributed by atoms with E-state index >= 15 is 0 Å². The van der Waals surface area contributed by atoms with Gasteiger partial charge in [0.15, 0.2) is 0 Å². The summed E-state index contributed by atoms with van der Waals surface area (Å²) in [6.07, 6.45) is 4.97. The number of hydrogen-bond acceptors (Lipinski definition) is 5. The van der Waals surface area contributed by atoms with Gasteiger partial charge in [-0.05, 0) is 35.7 Å². The minimum Gasteiger partial charge on any atom is -0.375 e. The van der Waals surface area contributed by atoms with Crippen LogP contribution in [0.15, 0.2) is 42.7 Å². The third-order valence-electron chi connectivity index (χ3n) is 5.45. The van der Waals surface area contributed by atoms with E-state index in [0.717, 1.165) is 51.3 Å². The lowest BCUT2D eigenvalue weighted by atomic mass is 9.97. The Labute approximate surface area is 159 Å². The first kappa shape index (κ1) is 18.1. The quantitative estimate of drug-likeness (QED) is 0.832. The van der Waals surface area contributed by atoms with Crippen molar-refractivity contribution in [3.8, 4) is 6.07 Å². The number of aromatic nitrogens is 1. The highest BCUT2D eigenvalue weighted by molar-refractivity contribution is 5.34. The zero-order valence-electron chi connectivity index (χ0n) is 15.2. The molecule has 2 fully saturated rings. The zero-order valence-corrected chi connectivity index (χ0v) is 15.2. The fourth-order valence-corrected chi connectivity index (χ4v) is 4.09. The van der Waals surface area contributed by atoms with Gasteiger partial charge in [-0.3, -0.25) is 14.8 Å². The normalized spacial score (nSPS) is 23.6. The number of benzene rings is 1. The summed E-state index contributed by atoms with van der Waals surface area (Å²) in [5, 5.41) is 9.05. The Kier molecular flexibility index (Phi) is 5.44. The Balaban J connectivity index is 1.44. The number of likely N-dealkylation sites (tertiary alicyclic amines) is 1. The molecular weight excluding hydrogens is 343 g/mol. The van der Waals surface area contributed by atoms with Crippen molar-refractivity contribution in [2.45, 2.75) is 31.7 Å². The molecule has 140 valence electrons. The van der Waals surface area contributed by atoms with E-state index < -0.39 is 5.82 Å². The summed E-state index contributed by atoms with van der Waals surface area (Å²) in [7, 11) is 0. The molecule has 2 aliphatic rings. The minimum absolute atomic E-state index is 0.113. The van der Waals surface area contributed by atoms with Gasteiger partial charge in [0, 0.05) is 51.2 Å². The van der Waals surface area contributed by atoms with Gasteiger partial charge in [-0.25, -0.2) is 4.39 Å². The van der Waals surface area contributed by atoms with Gasteiger partial charge in [-0.1, -0.05) is 12.1 Å². The Bertz CT molecular complexity index is 823. The summed E-state index contributed by atoms with van der Waals surface area (Å²) in [4.78, 5) is 9.09. The van der Waals surface area contributed by atoms with Gasteiger partial charge >= 0.3 is 0 Å². The summed E-state index contributed by atoms with van der Waals surface area (Å²) >= 11 is 0. The molecule has 2 atom stereocenters. The molecule has 3 heterocycles. The smallest absolute Gasteiger partial charge is 0.140 e. The first-order chi connectivity index (χ1) is 13.2. The number of ether oxygens (including phenoxy) is 1. The number of nitriles is 1. The lowest BCUT2D eigenvalue weighted by Gasteiger charge is -2.47. The standard InChI is InChI=1S/C21H23FN4O/c22-19-4-3-16(10-18(19)11-23)13-25-7-5-21-20(15-25)26(8-9-27-21)14-17-2-1-6-24-12-17/h1-4,6,10,12,20-21H,5,7-9,13-15H2/t20-,21-/m0/s1. The van der Waals surface area contributed by atoms with Crippen LogP contribution in [0.3, 0.4) is 0 Å². The van der Waals surface area contributed by atoms with Crippen LogP contribution in [0.2, 0.25) is 0 Å². The van der Waals surface area contributed by atoms with Crippen molar-refractivity contribution >= 4 is 0 Å². The number of rotatable bonds is 4. The molecule has 0 amide bonds. The predicted octanol–water partition coefficient (Wildman–Crippen LogP) is 2.57. The van der Waals surface area contributed by atoms with Crippen molar-refractivity contribution < 1.29 is 9.13 Å².